The molecule has 12 aromatic rings. The van der Waals surface area contributed by atoms with E-state index in [9.17, 15) is 14.4 Å². The highest BCUT2D eigenvalue weighted by molar-refractivity contribution is 5.70. The van der Waals surface area contributed by atoms with E-state index in [-0.39, 0.29) is 36.8 Å². The number of carbonyl (C=O) groups excluding carboxylic acids is 3. The molecule has 15 heteroatoms. The van der Waals surface area contributed by atoms with Crippen LogP contribution in [0.25, 0.3) is 0 Å². The Morgan fingerprint density at radius 1 is 0.234 bits per heavy atom. The molecule has 0 spiro atoms. The van der Waals surface area contributed by atoms with Gasteiger partial charge in [-0.05, 0) is 358 Å². The highest BCUT2D eigenvalue weighted by Gasteiger charge is 2.15. The standard InChI is InChI=1S/2C22H30O2.C20H26O2.3C12H16O2.3C10H14O/c1-5-17(2)21-12-14-22(15-13-21)24-19(4)23-16-8-11-20-10-7-6-9-18(20)3;1-5-17(3)21-11-13-22(14-12-21)24-18(4)23-16-15-20-9-7-19(6-2)8-10-20;1-4-16(2)19-10-12-20(13-11-19)22-17(3)21-15-14-18-8-6-5-7-9-18;3*1-4-9(2)11-5-7-12(8-6-11)14-10(3)13;3*1-3-8(2)9-4-6-10(11)7-5-9/h6-7,9-10,12-15,17,19H,5,8,11,16H2,1-4H3;7-14,17-18H,5-6,15-16H2,1-4H3;5-13,16-17H,4,14-15H2,1-3H3;3*5-9H,4H2,1-3H3;3*4-8,11H,3H2,1-2H3. The third-order valence-electron chi connectivity index (χ3n) is 26.2. The molecule has 0 radical (unpaired) electrons. The summed E-state index contributed by atoms with van der Waals surface area (Å²) >= 11 is 0. The zero-order valence-corrected chi connectivity index (χ0v) is 92.5. The molecular formula is C130H176O15. The summed E-state index contributed by atoms with van der Waals surface area (Å²) < 4.78 is 49.6. The smallest absolute Gasteiger partial charge is 0.308 e. The first-order valence-corrected chi connectivity index (χ1v) is 53.0. The van der Waals surface area contributed by atoms with Gasteiger partial charge in [0, 0.05) is 20.8 Å². The van der Waals surface area contributed by atoms with Crippen molar-refractivity contribution in [3.8, 4) is 51.7 Å². The van der Waals surface area contributed by atoms with Gasteiger partial charge in [0.1, 0.15) is 51.7 Å². The molecule has 0 saturated carbocycles. The fourth-order valence-electron chi connectivity index (χ4n) is 14.6. The van der Waals surface area contributed by atoms with E-state index < -0.39 is 0 Å². The van der Waals surface area contributed by atoms with Crippen molar-refractivity contribution in [2.24, 2.45) is 0 Å². The number of hydrogen-bond acceptors (Lipinski definition) is 15. The van der Waals surface area contributed by atoms with E-state index in [0.29, 0.717) is 108 Å². The Labute approximate surface area is 873 Å². The van der Waals surface area contributed by atoms with Crippen LogP contribution in [-0.4, -0.2) is 71.9 Å². The molecule has 0 aromatic heterocycles. The summed E-state index contributed by atoms with van der Waals surface area (Å²) in [5.74, 6) is 9.86. The molecule has 0 aliphatic carbocycles. The summed E-state index contributed by atoms with van der Waals surface area (Å²) in [5.41, 5.74) is 18.5. The lowest BCUT2D eigenvalue weighted by molar-refractivity contribution is -0.132. The van der Waals surface area contributed by atoms with Crippen LogP contribution in [0.3, 0.4) is 0 Å². The monoisotopic (exact) mass is 1980 g/mol. The van der Waals surface area contributed by atoms with Crippen molar-refractivity contribution >= 4 is 17.9 Å². The number of aromatic hydroxyl groups is 3. The van der Waals surface area contributed by atoms with E-state index >= 15 is 0 Å². The number of ether oxygens (including phenoxy) is 9. The molecule has 0 aliphatic rings. The van der Waals surface area contributed by atoms with Gasteiger partial charge < -0.3 is 58.0 Å². The SMILES string of the molecule is CCC(C)c1ccc(O)cc1.CCC(C)c1ccc(O)cc1.CCC(C)c1ccc(O)cc1.CCC(C)c1ccc(OC(C)=O)cc1.CCC(C)c1ccc(OC(C)=O)cc1.CCC(C)c1ccc(OC(C)=O)cc1.CCC(C)c1ccc(OC(C)OCCCc2ccccc2C)cc1.CCC(C)c1ccc(OC(C)OCCc2ccccc2)cc1.CCc1ccc(CCOC(C)Oc2ccc(C(C)CC)cc2)cc1. The molecule has 15 nitrogen and oxygen atoms in total. The van der Waals surface area contributed by atoms with Crippen molar-refractivity contribution in [3.05, 3.63) is 375 Å². The van der Waals surface area contributed by atoms with Crippen LogP contribution in [0.1, 0.15) is 368 Å². The highest BCUT2D eigenvalue weighted by atomic mass is 16.7. The summed E-state index contributed by atoms with van der Waals surface area (Å²) in [6.07, 6.45) is 14.5. The average Bonchev–Trinajstić information content (AvgIpc) is 0.889. The van der Waals surface area contributed by atoms with Crippen LogP contribution in [0, 0.1) is 6.92 Å². The first-order chi connectivity index (χ1) is 69.5. The molecular weight excluding hydrogens is 1800 g/mol. The molecule has 786 valence electrons. The van der Waals surface area contributed by atoms with Crippen LogP contribution in [0.5, 0.6) is 51.7 Å². The Kier molecular flexibility index (Phi) is 62.1. The van der Waals surface area contributed by atoms with Crippen molar-refractivity contribution in [1.29, 1.82) is 0 Å². The predicted molar refractivity (Wildman–Crippen MR) is 603 cm³/mol. The zero-order chi connectivity index (χ0) is 107. The Morgan fingerprint density at radius 3 is 0.669 bits per heavy atom. The number of phenolic OH excluding ortho intramolecular Hbond substituents is 3. The molecule has 12 rings (SSSR count). The van der Waals surface area contributed by atoms with Crippen LogP contribution in [0.15, 0.2) is 297 Å². The van der Waals surface area contributed by atoms with Gasteiger partial charge >= 0.3 is 17.9 Å². The van der Waals surface area contributed by atoms with Gasteiger partial charge in [-0.2, -0.15) is 0 Å². The largest absolute Gasteiger partial charge is 0.508 e. The van der Waals surface area contributed by atoms with Crippen molar-refractivity contribution in [2.75, 3.05) is 19.8 Å². The van der Waals surface area contributed by atoms with Gasteiger partial charge in [0.05, 0.1) is 19.8 Å². The minimum absolute atomic E-state index is 0.226. The first-order valence-electron chi connectivity index (χ1n) is 53.0. The van der Waals surface area contributed by atoms with E-state index in [1.165, 1.54) is 98.7 Å². The fraction of sp³-hybridized carbons (Fsp3) is 0.423. The van der Waals surface area contributed by atoms with Crippen molar-refractivity contribution < 1.29 is 72.3 Å². The summed E-state index contributed by atoms with van der Waals surface area (Å²) in [5, 5.41) is 27.0. The van der Waals surface area contributed by atoms with E-state index in [4.69, 9.17) is 58.0 Å². The number of benzene rings is 12. The number of hydrogen-bond donors (Lipinski definition) is 3. The lowest BCUT2D eigenvalue weighted by atomic mass is 9.99. The number of carbonyl (C=O) groups is 3. The Bertz CT molecular complexity index is 5080. The fourth-order valence-corrected chi connectivity index (χ4v) is 14.6. The molecule has 12 aromatic carbocycles. The summed E-state index contributed by atoms with van der Waals surface area (Å²) in [4.78, 5) is 32.0. The second-order valence-corrected chi connectivity index (χ2v) is 37.6. The summed E-state index contributed by atoms with van der Waals surface area (Å²) in [6, 6.07) is 98.0. The van der Waals surface area contributed by atoms with Gasteiger partial charge in [-0.15, -0.1) is 0 Å². The van der Waals surface area contributed by atoms with E-state index in [2.05, 4.69) is 236 Å². The predicted octanol–water partition coefficient (Wildman–Crippen LogP) is 34.9. The Morgan fingerprint density at radius 2 is 0.441 bits per heavy atom. The Balaban J connectivity index is 0.000000345. The second-order valence-electron chi connectivity index (χ2n) is 37.6. The van der Waals surface area contributed by atoms with E-state index in [1.807, 2.05) is 185 Å². The van der Waals surface area contributed by atoms with Gasteiger partial charge in [0.25, 0.3) is 0 Å². The van der Waals surface area contributed by atoms with Crippen LogP contribution >= 0.6 is 0 Å². The van der Waals surface area contributed by atoms with Crippen molar-refractivity contribution in [2.45, 2.75) is 342 Å². The molecule has 12 atom stereocenters. The molecule has 3 N–H and O–H groups in total. The summed E-state index contributed by atoms with van der Waals surface area (Å²) in [7, 11) is 0. The topological polar surface area (TPSA) is 195 Å². The minimum Gasteiger partial charge on any atom is -0.508 e. The van der Waals surface area contributed by atoms with E-state index in [1.54, 1.807) is 36.4 Å². The third kappa shape index (κ3) is 52.4. The maximum atomic E-state index is 10.7. The minimum atomic E-state index is -0.277. The Hall–Kier alpha value is -12.3. The molecule has 0 amide bonds. The van der Waals surface area contributed by atoms with Crippen LogP contribution in [0.2, 0.25) is 0 Å². The maximum absolute atomic E-state index is 10.7. The van der Waals surface area contributed by atoms with Gasteiger partial charge in [0.15, 0.2) is 18.9 Å². The number of aryl methyl sites for hydroxylation is 3. The molecule has 0 aliphatic heterocycles. The lowest BCUT2D eigenvalue weighted by Gasteiger charge is -2.16. The van der Waals surface area contributed by atoms with Crippen LogP contribution in [0.4, 0.5) is 0 Å². The second kappa shape index (κ2) is 72.1. The van der Waals surface area contributed by atoms with Crippen molar-refractivity contribution in [1.82, 2.24) is 0 Å². The van der Waals surface area contributed by atoms with Crippen LogP contribution < -0.4 is 28.4 Å². The summed E-state index contributed by atoms with van der Waals surface area (Å²) in [6.45, 7) is 55.8. The highest BCUT2D eigenvalue weighted by Crippen LogP contribution is 2.31. The average molecular weight is 1980 g/mol. The molecule has 0 heterocycles. The van der Waals surface area contributed by atoms with Gasteiger partial charge in [-0.3, -0.25) is 14.4 Å². The number of esters is 3. The van der Waals surface area contributed by atoms with E-state index in [0.717, 1.165) is 107 Å². The van der Waals surface area contributed by atoms with Crippen molar-refractivity contribution in [3.63, 3.8) is 0 Å². The molecule has 0 fully saturated rings. The normalized spacial score (nSPS) is 13.0. The third-order valence-corrected chi connectivity index (χ3v) is 26.2. The molecule has 12 unspecified atom stereocenters. The molecule has 0 saturated heterocycles. The van der Waals surface area contributed by atoms with Crippen LogP contribution in [-0.2, 0) is 54.3 Å². The molecule has 145 heavy (non-hydrogen) atoms. The lowest BCUT2D eigenvalue weighted by Crippen LogP contribution is -2.17. The number of rotatable bonds is 41. The maximum Gasteiger partial charge on any atom is 0.308 e. The van der Waals surface area contributed by atoms with Gasteiger partial charge in [-0.1, -0.05) is 320 Å². The van der Waals surface area contributed by atoms with Gasteiger partial charge in [-0.25, -0.2) is 0 Å². The zero-order valence-electron chi connectivity index (χ0n) is 92.5. The quantitative estimate of drug-likeness (QED) is 0.0142. The van der Waals surface area contributed by atoms with Gasteiger partial charge in [0.2, 0.25) is 0 Å². The first kappa shape index (κ1) is 125. The number of phenols is 3. The molecule has 0 bridgehead atoms.